The number of rotatable bonds is 3. The van der Waals surface area contributed by atoms with E-state index in [9.17, 15) is 19.2 Å². The Hall–Kier alpha value is -1.92. The molecule has 4 nitrogen and oxygen atoms in total. The minimum Gasteiger partial charge on any atom is -0.298 e. The Kier molecular flexibility index (Phi) is 4.64. The fraction of sp³-hybridized carbons (Fsp3) is 0.429. The van der Waals surface area contributed by atoms with Crippen LogP contribution in [0.2, 0.25) is 0 Å². The van der Waals surface area contributed by atoms with E-state index in [-0.39, 0.29) is 23.1 Å². The van der Waals surface area contributed by atoms with E-state index in [4.69, 9.17) is 0 Å². The van der Waals surface area contributed by atoms with Gasteiger partial charge in [-0.1, -0.05) is 0 Å². The standard InChI is InChI=1S/C21H22O4S2/c1-10(22)13-7-8-14(27-13)15-9-12(11(2)26-15)16-17(23)20(3,4)19(25)21(5,6)18(16)24/h7-9,16H,1-6H3. The molecule has 0 saturated heterocycles. The summed E-state index contributed by atoms with van der Waals surface area (Å²) in [6, 6.07) is 5.55. The second-order valence-corrected chi connectivity index (χ2v) is 10.4. The van der Waals surface area contributed by atoms with Gasteiger partial charge in [-0.25, -0.2) is 0 Å². The van der Waals surface area contributed by atoms with Gasteiger partial charge in [0.05, 0.1) is 15.7 Å². The molecule has 2 aromatic rings. The van der Waals surface area contributed by atoms with E-state index in [0.717, 1.165) is 14.6 Å². The minimum atomic E-state index is -1.19. The third-order valence-electron chi connectivity index (χ3n) is 5.35. The Bertz CT molecular complexity index is 958. The molecule has 1 saturated carbocycles. The topological polar surface area (TPSA) is 68.3 Å². The van der Waals surface area contributed by atoms with Crippen LogP contribution in [0.15, 0.2) is 18.2 Å². The molecule has 142 valence electrons. The molecule has 1 aliphatic rings. The number of carbonyl (C=O) groups is 4. The third-order valence-corrected chi connectivity index (χ3v) is 7.80. The van der Waals surface area contributed by atoms with Crippen LogP contribution in [0.1, 0.15) is 60.6 Å². The molecule has 0 aliphatic heterocycles. The molecule has 1 fully saturated rings. The van der Waals surface area contributed by atoms with Crippen molar-refractivity contribution >= 4 is 45.8 Å². The number of hydrogen-bond acceptors (Lipinski definition) is 6. The molecule has 0 spiro atoms. The van der Waals surface area contributed by atoms with Crippen LogP contribution in [0.25, 0.3) is 9.75 Å². The Morgan fingerprint density at radius 2 is 1.48 bits per heavy atom. The summed E-state index contributed by atoms with van der Waals surface area (Å²) in [4.78, 5) is 53.8. The molecule has 2 aromatic heterocycles. The van der Waals surface area contributed by atoms with Crippen LogP contribution in [0.3, 0.4) is 0 Å². The monoisotopic (exact) mass is 402 g/mol. The van der Waals surface area contributed by atoms with Crippen molar-refractivity contribution < 1.29 is 19.2 Å². The first-order valence-electron chi connectivity index (χ1n) is 8.74. The lowest BCUT2D eigenvalue weighted by Gasteiger charge is -2.40. The fourth-order valence-corrected chi connectivity index (χ4v) is 5.73. The maximum Gasteiger partial charge on any atom is 0.169 e. The van der Waals surface area contributed by atoms with Gasteiger partial charge in [0.2, 0.25) is 0 Å². The molecule has 6 heteroatoms. The van der Waals surface area contributed by atoms with Crippen molar-refractivity contribution in [3.63, 3.8) is 0 Å². The zero-order valence-corrected chi connectivity index (χ0v) is 17.9. The minimum absolute atomic E-state index is 0.0133. The summed E-state index contributed by atoms with van der Waals surface area (Å²) in [6.07, 6.45) is 0. The molecule has 0 amide bonds. The molecular formula is C21H22O4S2. The average molecular weight is 403 g/mol. The second kappa shape index (κ2) is 6.31. The molecule has 27 heavy (non-hydrogen) atoms. The highest BCUT2D eigenvalue weighted by atomic mass is 32.1. The first-order chi connectivity index (χ1) is 12.4. The molecule has 1 aliphatic carbocycles. The maximum absolute atomic E-state index is 13.1. The Labute approximate surface area is 166 Å². The number of Topliss-reactive ketones (excluding diaryl/α,β-unsaturated/α-hetero) is 4. The van der Waals surface area contributed by atoms with Gasteiger partial charge in [0.25, 0.3) is 0 Å². The van der Waals surface area contributed by atoms with Crippen LogP contribution in [-0.2, 0) is 14.4 Å². The lowest BCUT2D eigenvalue weighted by molar-refractivity contribution is -0.157. The molecule has 0 aromatic carbocycles. The number of aryl methyl sites for hydroxylation is 1. The van der Waals surface area contributed by atoms with Crippen LogP contribution < -0.4 is 0 Å². The first-order valence-corrected chi connectivity index (χ1v) is 10.4. The second-order valence-electron chi connectivity index (χ2n) is 8.08. The van der Waals surface area contributed by atoms with Crippen molar-refractivity contribution in [1.82, 2.24) is 0 Å². The predicted molar refractivity (Wildman–Crippen MR) is 108 cm³/mol. The number of hydrogen-bond donors (Lipinski definition) is 0. The quantitative estimate of drug-likeness (QED) is 0.544. The van der Waals surface area contributed by atoms with Gasteiger partial charge in [0.15, 0.2) is 23.1 Å². The molecule has 0 unspecified atom stereocenters. The summed E-state index contributed by atoms with van der Waals surface area (Å²) in [7, 11) is 0. The highest BCUT2D eigenvalue weighted by Gasteiger charge is 2.58. The molecule has 0 N–H and O–H groups in total. The van der Waals surface area contributed by atoms with Crippen LogP contribution in [-0.4, -0.2) is 23.1 Å². The number of carbonyl (C=O) groups excluding carboxylic acids is 4. The zero-order valence-electron chi connectivity index (χ0n) is 16.3. The normalized spacial score (nSPS) is 19.6. The molecule has 0 radical (unpaired) electrons. The van der Waals surface area contributed by atoms with Crippen molar-refractivity contribution in [2.45, 2.75) is 47.5 Å². The largest absolute Gasteiger partial charge is 0.298 e. The summed E-state index contributed by atoms with van der Waals surface area (Å²) in [6.45, 7) is 9.86. The van der Waals surface area contributed by atoms with Crippen LogP contribution >= 0.6 is 22.7 Å². The molecule has 3 rings (SSSR count). The first kappa shape index (κ1) is 19.8. The van der Waals surface area contributed by atoms with Gasteiger partial charge in [-0.05, 0) is 65.3 Å². The van der Waals surface area contributed by atoms with Crippen LogP contribution in [0.4, 0.5) is 0 Å². The highest BCUT2D eigenvalue weighted by Crippen LogP contribution is 2.47. The fourth-order valence-electron chi connectivity index (χ4n) is 3.69. The molecule has 2 heterocycles. The Morgan fingerprint density at radius 3 is 1.96 bits per heavy atom. The van der Waals surface area contributed by atoms with E-state index < -0.39 is 16.7 Å². The molecule has 0 bridgehead atoms. The lowest BCUT2D eigenvalue weighted by Crippen LogP contribution is -2.56. The van der Waals surface area contributed by atoms with Gasteiger partial charge in [-0.15, -0.1) is 22.7 Å². The van der Waals surface area contributed by atoms with E-state index in [2.05, 4.69) is 0 Å². The predicted octanol–water partition coefficient (Wildman–Crippen LogP) is 4.84. The Morgan fingerprint density at radius 1 is 0.926 bits per heavy atom. The SMILES string of the molecule is CC(=O)c1ccc(-c2cc(C3C(=O)C(C)(C)C(=O)C(C)(C)C3=O)c(C)s2)s1. The van der Waals surface area contributed by atoms with E-state index in [1.54, 1.807) is 33.8 Å². The van der Waals surface area contributed by atoms with E-state index in [1.165, 1.54) is 29.6 Å². The maximum atomic E-state index is 13.1. The Balaban J connectivity index is 2.09. The number of thiophene rings is 2. The van der Waals surface area contributed by atoms with Gasteiger partial charge >= 0.3 is 0 Å². The van der Waals surface area contributed by atoms with Crippen molar-refractivity contribution in [1.29, 1.82) is 0 Å². The number of ketones is 4. The summed E-state index contributed by atoms with van der Waals surface area (Å²) in [5.41, 5.74) is -1.71. The van der Waals surface area contributed by atoms with Crippen molar-refractivity contribution in [3.8, 4) is 9.75 Å². The average Bonchev–Trinajstić information content (AvgIpc) is 3.20. The van der Waals surface area contributed by atoms with E-state index >= 15 is 0 Å². The van der Waals surface area contributed by atoms with Gasteiger partial charge in [0.1, 0.15) is 5.92 Å². The van der Waals surface area contributed by atoms with Gasteiger partial charge < -0.3 is 0 Å². The van der Waals surface area contributed by atoms with Crippen LogP contribution in [0, 0.1) is 17.8 Å². The van der Waals surface area contributed by atoms with Crippen LogP contribution in [0.5, 0.6) is 0 Å². The van der Waals surface area contributed by atoms with Crippen molar-refractivity contribution in [2.75, 3.05) is 0 Å². The van der Waals surface area contributed by atoms with E-state index in [0.29, 0.717) is 10.4 Å². The van der Waals surface area contributed by atoms with Crippen molar-refractivity contribution in [2.24, 2.45) is 10.8 Å². The molecular weight excluding hydrogens is 380 g/mol. The molecule has 0 atom stereocenters. The van der Waals surface area contributed by atoms with Gasteiger partial charge in [0, 0.05) is 14.6 Å². The summed E-state index contributed by atoms with van der Waals surface area (Å²) in [5.74, 6) is -1.90. The summed E-state index contributed by atoms with van der Waals surface area (Å²) < 4.78 is 0. The zero-order chi connectivity index (χ0) is 20.3. The van der Waals surface area contributed by atoms with Crippen molar-refractivity contribution in [3.05, 3.63) is 33.5 Å². The summed E-state index contributed by atoms with van der Waals surface area (Å²) >= 11 is 2.90. The van der Waals surface area contributed by atoms with E-state index in [1.807, 2.05) is 19.1 Å². The smallest absolute Gasteiger partial charge is 0.169 e. The lowest BCUT2D eigenvalue weighted by atomic mass is 9.57. The van der Waals surface area contributed by atoms with Gasteiger partial charge in [-0.3, -0.25) is 19.2 Å². The summed E-state index contributed by atoms with van der Waals surface area (Å²) in [5, 5.41) is 0. The van der Waals surface area contributed by atoms with Gasteiger partial charge in [-0.2, -0.15) is 0 Å². The highest BCUT2D eigenvalue weighted by molar-refractivity contribution is 7.23. The third kappa shape index (κ3) is 2.95.